The minimum atomic E-state index is -0.0766. The van der Waals surface area contributed by atoms with E-state index in [1.165, 1.54) is 0 Å². The highest BCUT2D eigenvalue weighted by molar-refractivity contribution is 6.28. The molecule has 1 amide bonds. The second-order valence-electron chi connectivity index (χ2n) is 6.32. The first kappa shape index (κ1) is 17.9. The van der Waals surface area contributed by atoms with Crippen LogP contribution in [0.1, 0.15) is 32.3 Å². The number of carbonyl (C=O) groups is 1. The molecule has 2 aromatic carbocycles. The Morgan fingerprint density at radius 3 is 2.08 bits per heavy atom. The van der Waals surface area contributed by atoms with Crippen molar-refractivity contribution in [2.24, 2.45) is 4.99 Å². The van der Waals surface area contributed by atoms with Crippen LogP contribution in [0.2, 0.25) is 0 Å². The van der Waals surface area contributed by atoms with Gasteiger partial charge in [-0.1, -0.05) is 62.4 Å². The van der Waals surface area contributed by atoms with Gasteiger partial charge in [-0.2, -0.15) is 0 Å². The molecule has 134 valence electrons. The molecule has 4 nitrogen and oxygen atoms in total. The van der Waals surface area contributed by atoms with Crippen LogP contribution in [0.3, 0.4) is 0 Å². The molecule has 0 aromatic heterocycles. The van der Waals surface area contributed by atoms with E-state index in [0.717, 1.165) is 43.1 Å². The Labute approximate surface area is 155 Å². The average Bonchev–Trinajstić information content (AvgIpc) is 2.99. The quantitative estimate of drug-likeness (QED) is 0.719. The molecule has 0 bridgehead atoms. The number of hydrogen-bond acceptors (Lipinski definition) is 3. The van der Waals surface area contributed by atoms with Gasteiger partial charge in [0.15, 0.2) is 0 Å². The maximum atomic E-state index is 13.2. The third kappa shape index (κ3) is 3.85. The molecule has 2 aromatic rings. The van der Waals surface area contributed by atoms with E-state index < -0.39 is 0 Å². The summed E-state index contributed by atoms with van der Waals surface area (Å²) in [7, 11) is 0. The number of benzene rings is 2. The van der Waals surface area contributed by atoms with E-state index in [1.54, 1.807) is 4.90 Å². The number of nitrogens with zero attached hydrogens (tertiary/aromatic N) is 3. The lowest BCUT2D eigenvalue weighted by molar-refractivity contribution is -0.113. The molecule has 1 heterocycles. The monoisotopic (exact) mass is 347 g/mol. The predicted molar refractivity (Wildman–Crippen MR) is 108 cm³/mol. The van der Waals surface area contributed by atoms with Crippen molar-refractivity contribution >= 4 is 23.6 Å². The van der Waals surface area contributed by atoms with Crippen LogP contribution in [0, 0.1) is 0 Å². The van der Waals surface area contributed by atoms with Gasteiger partial charge < -0.3 is 4.90 Å². The zero-order valence-electron chi connectivity index (χ0n) is 15.4. The van der Waals surface area contributed by atoms with Crippen LogP contribution in [0.4, 0.5) is 5.69 Å². The molecule has 0 spiro atoms. The summed E-state index contributed by atoms with van der Waals surface area (Å²) in [6, 6.07) is 19.6. The van der Waals surface area contributed by atoms with Gasteiger partial charge in [-0.3, -0.25) is 4.79 Å². The highest BCUT2D eigenvalue weighted by atomic mass is 16.2. The minimum Gasteiger partial charge on any atom is -0.342 e. The van der Waals surface area contributed by atoms with Crippen LogP contribution >= 0.6 is 0 Å². The number of amides is 1. The van der Waals surface area contributed by atoms with Gasteiger partial charge >= 0.3 is 0 Å². The summed E-state index contributed by atoms with van der Waals surface area (Å²) in [6.45, 7) is 6.05. The molecule has 0 unspecified atom stereocenters. The smallest absolute Gasteiger partial charge is 0.283 e. The van der Waals surface area contributed by atoms with Crippen molar-refractivity contribution in [3.05, 3.63) is 71.9 Å². The average molecular weight is 347 g/mol. The van der Waals surface area contributed by atoms with Crippen LogP contribution < -0.4 is 4.90 Å². The van der Waals surface area contributed by atoms with Gasteiger partial charge in [-0.15, -0.1) is 0 Å². The number of anilines is 1. The molecule has 1 aliphatic heterocycles. The highest BCUT2D eigenvalue weighted by Gasteiger charge is 2.34. The predicted octanol–water partition coefficient (Wildman–Crippen LogP) is 4.55. The fourth-order valence-electron chi connectivity index (χ4n) is 3.09. The number of rotatable bonds is 6. The Morgan fingerprint density at radius 2 is 1.50 bits per heavy atom. The van der Waals surface area contributed by atoms with Gasteiger partial charge in [0.2, 0.25) is 5.96 Å². The Morgan fingerprint density at radius 1 is 0.923 bits per heavy atom. The Kier molecular flexibility index (Phi) is 5.84. The summed E-state index contributed by atoms with van der Waals surface area (Å²) in [5.74, 6) is 0.652. The molecule has 0 aliphatic carbocycles. The van der Waals surface area contributed by atoms with Gasteiger partial charge in [0.1, 0.15) is 5.70 Å². The lowest BCUT2D eigenvalue weighted by atomic mass is 10.2. The number of hydrogen-bond donors (Lipinski definition) is 0. The van der Waals surface area contributed by atoms with Crippen molar-refractivity contribution < 1.29 is 4.79 Å². The molecule has 4 heteroatoms. The molecule has 0 N–H and O–H groups in total. The first-order chi connectivity index (χ1) is 12.7. The first-order valence-electron chi connectivity index (χ1n) is 9.24. The van der Waals surface area contributed by atoms with Crippen LogP contribution in [0.25, 0.3) is 6.08 Å². The molecule has 0 fully saturated rings. The van der Waals surface area contributed by atoms with Crippen molar-refractivity contribution in [2.75, 3.05) is 18.0 Å². The second-order valence-corrected chi connectivity index (χ2v) is 6.32. The van der Waals surface area contributed by atoms with Gasteiger partial charge in [0.05, 0.1) is 5.69 Å². The normalized spacial score (nSPS) is 15.5. The standard InChI is InChI=1S/C22H25N3O/c1-3-15-24(16-4-2)22-23-20(17-18-11-7-5-8-12-18)21(26)25(22)19-13-9-6-10-14-19/h5-14,17H,3-4,15-16H2,1-2H3/b20-17-. The molecule has 0 radical (unpaired) electrons. The van der Waals surface area contributed by atoms with E-state index in [2.05, 4.69) is 18.7 Å². The summed E-state index contributed by atoms with van der Waals surface area (Å²) in [5, 5.41) is 0. The molecule has 0 saturated heterocycles. The fourth-order valence-corrected chi connectivity index (χ4v) is 3.09. The summed E-state index contributed by atoms with van der Waals surface area (Å²) in [5.41, 5.74) is 2.31. The maximum Gasteiger partial charge on any atom is 0.283 e. The zero-order chi connectivity index (χ0) is 18.4. The summed E-state index contributed by atoms with van der Waals surface area (Å²) < 4.78 is 0. The third-order valence-corrected chi connectivity index (χ3v) is 4.23. The van der Waals surface area contributed by atoms with Crippen molar-refractivity contribution in [1.29, 1.82) is 0 Å². The molecule has 0 atom stereocenters. The van der Waals surface area contributed by atoms with Gasteiger partial charge in [-0.25, -0.2) is 9.89 Å². The van der Waals surface area contributed by atoms with Crippen molar-refractivity contribution in [1.82, 2.24) is 4.90 Å². The van der Waals surface area contributed by atoms with Crippen LogP contribution in [0.15, 0.2) is 71.4 Å². The largest absolute Gasteiger partial charge is 0.342 e. The maximum absolute atomic E-state index is 13.2. The number of aliphatic imine (C=N–C) groups is 1. The highest BCUT2D eigenvalue weighted by Crippen LogP contribution is 2.26. The third-order valence-electron chi connectivity index (χ3n) is 4.23. The van der Waals surface area contributed by atoms with E-state index in [9.17, 15) is 4.79 Å². The molecule has 3 rings (SSSR count). The van der Waals surface area contributed by atoms with E-state index in [4.69, 9.17) is 4.99 Å². The second kappa shape index (κ2) is 8.48. The van der Waals surface area contributed by atoms with Gasteiger partial charge in [-0.05, 0) is 36.6 Å². The lowest BCUT2D eigenvalue weighted by Crippen LogP contribution is -2.44. The zero-order valence-corrected chi connectivity index (χ0v) is 15.4. The van der Waals surface area contributed by atoms with E-state index in [0.29, 0.717) is 5.70 Å². The fraction of sp³-hybridized carbons (Fsp3) is 0.273. The Hall–Kier alpha value is -2.88. The van der Waals surface area contributed by atoms with Crippen molar-refractivity contribution in [3.8, 4) is 0 Å². The summed E-state index contributed by atoms with van der Waals surface area (Å²) in [4.78, 5) is 21.8. The van der Waals surface area contributed by atoms with Crippen LogP contribution in [-0.4, -0.2) is 29.9 Å². The van der Waals surface area contributed by atoms with E-state index in [1.807, 2.05) is 66.7 Å². The van der Waals surface area contributed by atoms with E-state index >= 15 is 0 Å². The van der Waals surface area contributed by atoms with Gasteiger partial charge in [0, 0.05) is 13.1 Å². The summed E-state index contributed by atoms with van der Waals surface area (Å²) >= 11 is 0. The molecule has 1 aliphatic rings. The SMILES string of the molecule is CCCN(CCC)C1=N/C(=C\c2ccccc2)C(=O)N1c1ccccc1. The van der Waals surface area contributed by atoms with Gasteiger partial charge in [0.25, 0.3) is 5.91 Å². The lowest BCUT2D eigenvalue weighted by Gasteiger charge is -2.29. The molecular weight excluding hydrogens is 322 g/mol. The number of carbonyl (C=O) groups excluding carboxylic acids is 1. The van der Waals surface area contributed by atoms with Crippen LogP contribution in [0.5, 0.6) is 0 Å². The first-order valence-corrected chi connectivity index (χ1v) is 9.24. The van der Waals surface area contributed by atoms with E-state index in [-0.39, 0.29) is 5.91 Å². The molecular formula is C22H25N3O. The summed E-state index contributed by atoms with van der Waals surface area (Å²) in [6.07, 6.45) is 3.88. The number of para-hydroxylation sites is 1. The number of guanidine groups is 1. The van der Waals surface area contributed by atoms with Crippen LogP contribution in [-0.2, 0) is 4.79 Å². The Balaban J connectivity index is 2.03. The Bertz CT molecular complexity index is 791. The van der Waals surface area contributed by atoms with Crippen molar-refractivity contribution in [3.63, 3.8) is 0 Å². The molecule has 26 heavy (non-hydrogen) atoms. The molecule has 0 saturated carbocycles. The topological polar surface area (TPSA) is 35.9 Å². The van der Waals surface area contributed by atoms with Crippen molar-refractivity contribution in [2.45, 2.75) is 26.7 Å². The minimum absolute atomic E-state index is 0.0766.